The molecule has 5 rings (SSSR count). The van der Waals surface area contributed by atoms with Gasteiger partial charge in [0.2, 0.25) is 11.8 Å². The van der Waals surface area contributed by atoms with E-state index in [0.29, 0.717) is 49.7 Å². The van der Waals surface area contributed by atoms with Crippen LogP contribution in [-0.2, 0) is 14.3 Å². The van der Waals surface area contributed by atoms with E-state index in [1.54, 1.807) is 6.92 Å². The van der Waals surface area contributed by atoms with Crippen LogP contribution in [-0.4, -0.2) is 134 Å². The smallest absolute Gasteiger partial charge is 0.237 e. The third-order valence-electron chi connectivity index (χ3n) is 9.91. The van der Waals surface area contributed by atoms with Gasteiger partial charge in [-0.1, -0.05) is 0 Å². The third kappa shape index (κ3) is 8.80. The molecule has 4 aliphatic heterocycles. The first-order valence-electron chi connectivity index (χ1n) is 15.8. The number of piperidine rings is 2. The lowest BCUT2D eigenvalue weighted by Crippen LogP contribution is -2.62. The normalized spacial score (nSPS) is 34.8. The summed E-state index contributed by atoms with van der Waals surface area (Å²) in [6, 6.07) is 0.420. The Hall–Kier alpha value is -1.42. The van der Waals surface area contributed by atoms with Crippen molar-refractivity contribution < 1.29 is 19.4 Å². The molecular formula is C28H53N9O4. The lowest BCUT2D eigenvalue weighted by atomic mass is 9.74. The first-order chi connectivity index (χ1) is 19.8. The number of carbonyl (C=O) groups excluding carboxylic acids is 2. The SMILES string of the molecule is CC(=O)N1CCC(NC2CC(C(=O)NC[C@H](O)CN3CCC4CC(OCC5CNNN5C)CCC4C3)NCN2)CC1. The molecule has 7 N–H and O–H groups in total. The van der Waals surface area contributed by atoms with E-state index in [0.717, 1.165) is 71.4 Å². The minimum absolute atomic E-state index is 0.0469. The number of aliphatic hydroxyl groups is 1. The van der Waals surface area contributed by atoms with Crippen molar-refractivity contribution in [1.29, 1.82) is 0 Å². The second-order valence-electron chi connectivity index (χ2n) is 12.9. The molecule has 0 aromatic carbocycles. The minimum atomic E-state index is -0.581. The van der Waals surface area contributed by atoms with Crippen LogP contribution in [0.3, 0.4) is 0 Å². The highest BCUT2D eigenvalue weighted by Gasteiger charge is 2.36. The predicted octanol–water partition coefficient (Wildman–Crippen LogP) is -1.87. The first-order valence-corrected chi connectivity index (χ1v) is 15.8. The lowest BCUT2D eigenvalue weighted by Gasteiger charge is -2.44. The average molecular weight is 580 g/mol. The van der Waals surface area contributed by atoms with E-state index in [-0.39, 0.29) is 30.6 Å². The number of fused-ring (bicyclic) bond motifs is 1. The molecular weight excluding hydrogens is 526 g/mol. The number of ether oxygens (including phenoxy) is 1. The van der Waals surface area contributed by atoms with Crippen LogP contribution in [0, 0.1) is 11.8 Å². The molecule has 5 fully saturated rings. The molecule has 2 amide bonds. The summed E-state index contributed by atoms with van der Waals surface area (Å²) in [5.74, 6) is 1.45. The van der Waals surface area contributed by atoms with E-state index in [9.17, 15) is 14.7 Å². The van der Waals surface area contributed by atoms with Crippen molar-refractivity contribution >= 4 is 11.8 Å². The average Bonchev–Trinajstić information content (AvgIpc) is 3.39. The first kappa shape index (κ1) is 31.0. The van der Waals surface area contributed by atoms with Crippen LogP contribution in [0.5, 0.6) is 0 Å². The molecule has 4 heterocycles. The van der Waals surface area contributed by atoms with E-state index < -0.39 is 6.10 Å². The van der Waals surface area contributed by atoms with Crippen LogP contribution in [0.2, 0.25) is 0 Å². The Kier molecular flexibility index (Phi) is 11.2. The zero-order chi connectivity index (χ0) is 28.8. The van der Waals surface area contributed by atoms with Gasteiger partial charge in [0.05, 0.1) is 37.1 Å². The fourth-order valence-electron chi connectivity index (χ4n) is 7.28. The van der Waals surface area contributed by atoms with Crippen LogP contribution in [0.4, 0.5) is 0 Å². The highest BCUT2D eigenvalue weighted by molar-refractivity contribution is 5.81. The molecule has 0 radical (unpaired) electrons. The second kappa shape index (κ2) is 14.8. The van der Waals surface area contributed by atoms with Crippen molar-refractivity contribution in [2.45, 2.75) is 88.4 Å². The number of hydrazine groups is 2. The Labute approximate surface area is 244 Å². The molecule has 0 aromatic rings. The topological polar surface area (TPSA) is 146 Å². The third-order valence-corrected chi connectivity index (χ3v) is 9.91. The van der Waals surface area contributed by atoms with Crippen LogP contribution in [0.1, 0.15) is 51.9 Å². The molecule has 5 aliphatic rings. The molecule has 13 heteroatoms. The highest BCUT2D eigenvalue weighted by Crippen LogP contribution is 2.37. The van der Waals surface area contributed by atoms with Crippen molar-refractivity contribution in [1.82, 2.24) is 47.0 Å². The molecule has 6 unspecified atom stereocenters. The van der Waals surface area contributed by atoms with Gasteiger partial charge in [-0.05, 0) is 56.9 Å². The van der Waals surface area contributed by atoms with E-state index in [2.05, 4.69) is 42.1 Å². The number of carbonyl (C=O) groups is 2. The zero-order valence-electron chi connectivity index (χ0n) is 24.9. The summed E-state index contributed by atoms with van der Waals surface area (Å²) < 4.78 is 6.30. The van der Waals surface area contributed by atoms with Gasteiger partial charge in [-0.3, -0.25) is 25.5 Å². The molecule has 0 aromatic heterocycles. The number of nitrogens with one attached hydrogen (secondary N) is 6. The van der Waals surface area contributed by atoms with Gasteiger partial charge >= 0.3 is 0 Å². The second-order valence-corrected chi connectivity index (χ2v) is 12.9. The minimum Gasteiger partial charge on any atom is -0.390 e. The highest BCUT2D eigenvalue weighted by atomic mass is 16.5. The van der Waals surface area contributed by atoms with E-state index in [1.807, 2.05) is 11.9 Å². The number of amides is 2. The predicted molar refractivity (Wildman–Crippen MR) is 155 cm³/mol. The van der Waals surface area contributed by atoms with Crippen molar-refractivity contribution in [3.63, 3.8) is 0 Å². The maximum atomic E-state index is 12.9. The van der Waals surface area contributed by atoms with Crippen molar-refractivity contribution in [2.24, 2.45) is 11.8 Å². The molecule has 1 aliphatic carbocycles. The Balaban J connectivity index is 0.959. The number of β-amino-alcohol motifs (C(OH)–C–C–N with tert-alkyl or cyclic N) is 1. The van der Waals surface area contributed by atoms with Gasteiger partial charge in [0.1, 0.15) is 0 Å². The van der Waals surface area contributed by atoms with Gasteiger partial charge in [0.25, 0.3) is 0 Å². The van der Waals surface area contributed by atoms with Crippen molar-refractivity contribution in [2.75, 3.05) is 66.1 Å². The fraction of sp³-hybridized carbons (Fsp3) is 0.929. The molecule has 234 valence electrons. The van der Waals surface area contributed by atoms with E-state index in [1.165, 1.54) is 6.42 Å². The maximum absolute atomic E-state index is 12.9. The quantitative estimate of drug-likeness (QED) is 0.156. The van der Waals surface area contributed by atoms with Gasteiger partial charge in [-0.15, -0.1) is 0 Å². The van der Waals surface area contributed by atoms with Gasteiger partial charge < -0.3 is 25.0 Å². The van der Waals surface area contributed by atoms with Crippen molar-refractivity contribution in [3.05, 3.63) is 0 Å². The molecule has 0 spiro atoms. The van der Waals surface area contributed by atoms with Gasteiger partial charge in [0.15, 0.2) is 0 Å². The van der Waals surface area contributed by atoms with Crippen LogP contribution < -0.4 is 32.2 Å². The summed E-state index contributed by atoms with van der Waals surface area (Å²) in [5, 5.41) is 26.1. The maximum Gasteiger partial charge on any atom is 0.237 e. The fourth-order valence-corrected chi connectivity index (χ4v) is 7.28. The molecule has 0 bridgehead atoms. The lowest BCUT2D eigenvalue weighted by molar-refractivity contribution is -0.130. The number of hydrogen-bond acceptors (Lipinski definition) is 11. The number of rotatable bonds is 10. The monoisotopic (exact) mass is 579 g/mol. The Morgan fingerprint density at radius 1 is 1.05 bits per heavy atom. The number of aliphatic hydroxyl groups excluding tert-OH is 1. The zero-order valence-corrected chi connectivity index (χ0v) is 24.9. The summed E-state index contributed by atoms with van der Waals surface area (Å²) in [5.41, 5.74) is 6.27. The number of nitrogens with zero attached hydrogens (tertiary/aromatic N) is 3. The number of hydrogen-bond donors (Lipinski definition) is 7. The molecule has 4 saturated heterocycles. The Morgan fingerprint density at radius 3 is 2.63 bits per heavy atom. The summed E-state index contributed by atoms with van der Waals surface area (Å²) in [7, 11) is 2.04. The van der Waals surface area contributed by atoms with Gasteiger partial charge in [-0.2, -0.15) is 5.53 Å². The molecule has 13 nitrogen and oxygen atoms in total. The summed E-state index contributed by atoms with van der Waals surface area (Å²) in [4.78, 5) is 28.8. The summed E-state index contributed by atoms with van der Waals surface area (Å²) in [6.45, 7) is 8.29. The van der Waals surface area contributed by atoms with E-state index in [4.69, 9.17) is 4.74 Å². The standard InChI is InChI=1S/C28H53N9O4/c1-19(38)37-9-6-22(7-10-37)33-27-12-26(30-18-31-27)28(40)29-14-24(39)16-36-8-5-20-11-25(4-3-21(20)15-36)41-17-23-13-32-34-35(23)2/h20-27,30-34,39H,3-18H2,1-2H3,(H,29,40)/t20?,21?,23?,24-,25?,26?,27?/m0/s1. The molecule has 1 saturated carbocycles. The van der Waals surface area contributed by atoms with Crippen molar-refractivity contribution in [3.8, 4) is 0 Å². The largest absolute Gasteiger partial charge is 0.390 e. The van der Waals surface area contributed by atoms with Crippen LogP contribution >= 0.6 is 0 Å². The van der Waals surface area contributed by atoms with Crippen LogP contribution in [0.25, 0.3) is 0 Å². The number of likely N-dealkylation sites (N-methyl/N-ethyl adjacent to an activating group) is 1. The number of likely N-dealkylation sites (tertiary alicyclic amines) is 2. The van der Waals surface area contributed by atoms with Crippen LogP contribution in [0.15, 0.2) is 0 Å². The summed E-state index contributed by atoms with van der Waals surface area (Å²) in [6.07, 6.45) is 6.90. The Morgan fingerprint density at radius 2 is 1.88 bits per heavy atom. The molecule has 7 atom stereocenters. The Bertz CT molecular complexity index is 860. The van der Waals surface area contributed by atoms with Gasteiger partial charge in [-0.25, -0.2) is 10.4 Å². The van der Waals surface area contributed by atoms with Gasteiger partial charge in [0, 0.05) is 72.4 Å². The van der Waals surface area contributed by atoms with E-state index >= 15 is 0 Å². The summed E-state index contributed by atoms with van der Waals surface area (Å²) >= 11 is 0. The molecule has 41 heavy (non-hydrogen) atoms.